The predicted molar refractivity (Wildman–Crippen MR) is 102 cm³/mol. The van der Waals surface area contributed by atoms with Crippen LogP contribution in [-0.2, 0) is 0 Å². The molecule has 0 spiro atoms. The van der Waals surface area contributed by atoms with E-state index in [-0.39, 0.29) is 18.0 Å². The number of carbonyl (C=O) groups excluding carboxylic acids is 1. The van der Waals surface area contributed by atoms with Gasteiger partial charge in [0.1, 0.15) is 5.82 Å². The Morgan fingerprint density at radius 3 is 2.60 bits per heavy atom. The van der Waals surface area contributed by atoms with Gasteiger partial charge in [-0.2, -0.15) is 0 Å². The molecule has 0 bridgehead atoms. The van der Waals surface area contributed by atoms with Crippen LogP contribution in [0.4, 0.5) is 5.69 Å². The van der Waals surface area contributed by atoms with Crippen LogP contribution in [0.3, 0.4) is 0 Å². The van der Waals surface area contributed by atoms with Crippen LogP contribution in [0.1, 0.15) is 54.6 Å². The molecule has 1 heterocycles. The molecule has 25 heavy (non-hydrogen) atoms. The topological polar surface area (TPSA) is 72.9 Å². The van der Waals surface area contributed by atoms with Gasteiger partial charge in [0.05, 0.1) is 17.1 Å². The molecule has 0 aliphatic rings. The zero-order chi connectivity index (χ0) is 18.1. The second-order valence-electron chi connectivity index (χ2n) is 6.69. The highest BCUT2D eigenvalue weighted by atomic mass is 16.1. The number of nitrogens with one attached hydrogen (secondary N) is 1. The third kappa shape index (κ3) is 3.22. The number of fused-ring (bicyclic) bond motifs is 1. The van der Waals surface area contributed by atoms with E-state index < -0.39 is 0 Å². The van der Waals surface area contributed by atoms with Gasteiger partial charge < -0.3 is 15.6 Å². The molecule has 1 atom stereocenters. The van der Waals surface area contributed by atoms with E-state index in [1.54, 1.807) is 12.1 Å². The van der Waals surface area contributed by atoms with Crippen LogP contribution >= 0.6 is 0 Å². The summed E-state index contributed by atoms with van der Waals surface area (Å²) in [6.45, 7) is 8.10. The highest BCUT2D eigenvalue weighted by molar-refractivity contribution is 5.96. The Hall–Kier alpha value is -2.82. The molecule has 1 aromatic heterocycles. The van der Waals surface area contributed by atoms with E-state index in [1.807, 2.05) is 38.1 Å². The Morgan fingerprint density at radius 2 is 1.88 bits per heavy atom. The van der Waals surface area contributed by atoms with Gasteiger partial charge in [-0.1, -0.05) is 18.2 Å². The van der Waals surface area contributed by atoms with E-state index in [2.05, 4.69) is 29.8 Å². The maximum absolute atomic E-state index is 12.7. The van der Waals surface area contributed by atoms with Gasteiger partial charge in [-0.25, -0.2) is 4.98 Å². The maximum atomic E-state index is 12.7. The van der Waals surface area contributed by atoms with Crippen molar-refractivity contribution in [3.8, 4) is 0 Å². The van der Waals surface area contributed by atoms with Crippen LogP contribution in [0.2, 0.25) is 0 Å². The summed E-state index contributed by atoms with van der Waals surface area (Å²) in [6.07, 6.45) is 0. The van der Waals surface area contributed by atoms with E-state index in [4.69, 9.17) is 10.7 Å². The number of amides is 1. The number of aromatic nitrogens is 2. The summed E-state index contributed by atoms with van der Waals surface area (Å²) in [5.41, 5.74) is 9.92. The predicted octanol–water partition coefficient (Wildman–Crippen LogP) is 4.00. The number of nitrogens with zero attached hydrogens (tertiary/aromatic N) is 2. The van der Waals surface area contributed by atoms with Gasteiger partial charge in [-0.05, 0) is 57.5 Å². The minimum Gasteiger partial charge on any atom is -0.399 e. The minimum absolute atomic E-state index is 0.139. The lowest BCUT2D eigenvalue weighted by atomic mass is 10.1. The lowest BCUT2D eigenvalue weighted by Gasteiger charge is -2.19. The second-order valence-corrected chi connectivity index (χ2v) is 6.69. The maximum Gasteiger partial charge on any atom is 0.252 e. The van der Waals surface area contributed by atoms with Crippen molar-refractivity contribution < 1.29 is 4.79 Å². The van der Waals surface area contributed by atoms with Crippen LogP contribution in [0.15, 0.2) is 42.5 Å². The first-order valence-electron chi connectivity index (χ1n) is 8.52. The molecular weight excluding hydrogens is 312 g/mol. The minimum atomic E-state index is -0.219. The number of rotatable bonds is 4. The van der Waals surface area contributed by atoms with Crippen LogP contribution in [0.5, 0.6) is 0 Å². The Kier molecular flexibility index (Phi) is 4.49. The van der Waals surface area contributed by atoms with Crippen LogP contribution < -0.4 is 11.1 Å². The number of nitrogens with two attached hydrogens (primary N) is 1. The van der Waals surface area contributed by atoms with Crippen molar-refractivity contribution in [2.75, 3.05) is 5.73 Å². The molecule has 0 aliphatic carbocycles. The molecule has 130 valence electrons. The first-order valence-corrected chi connectivity index (χ1v) is 8.52. The third-order valence-electron chi connectivity index (χ3n) is 4.38. The summed E-state index contributed by atoms with van der Waals surface area (Å²) in [5, 5.41) is 3.06. The SMILES string of the molecule is Cc1ccc(N)cc1C(=O)NC(C)c1nc2ccccc2n1C(C)C. The molecule has 5 heteroatoms. The Morgan fingerprint density at radius 1 is 1.16 bits per heavy atom. The number of aryl methyl sites for hydroxylation is 1. The van der Waals surface area contributed by atoms with Crippen molar-refractivity contribution in [3.05, 3.63) is 59.4 Å². The average molecular weight is 336 g/mol. The standard InChI is InChI=1S/C20H24N4O/c1-12(2)24-18-8-6-5-7-17(18)23-19(24)14(4)22-20(25)16-11-15(21)10-9-13(16)3/h5-12,14H,21H2,1-4H3,(H,22,25). The summed E-state index contributed by atoms with van der Waals surface area (Å²) >= 11 is 0. The molecule has 3 rings (SSSR count). The van der Waals surface area contributed by atoms with E-state index in [0.717, 1.165) is 22.4 Å². The van der Waals surface area contributed by atoms with Gasteiger partial charge in [-0.15, -0.1) is 0 Å². The Bertz CT molecular complexity index is 927. The van der Waals surface area contributed by atoms with Crippen molar-refractivity contribution in [2.24, 2.45) is 0 Å². The lowest BCUT2D eigenvalue weighted by molar-refractivity contribution is 0.0937. The molecular formula is C20H24N4O. The van der Waals surface area contributed by atoms with Gasteiger partial charge >= 0.3 is 0 Å². The second kappa shape index (κ2) is 6.59. The smallest absolute Gasteiger partial charge is 0.252 e. The van der Waals surface area contributed by atoms with E-state index in [0.29, 0.717) is 11.3 Å². The number of carbonyl (C=O) groups is 1. The van der Waals surface area contributed by atoms with Crippen molar-refractivity contribution >= 4 is 22.6 Å². The van der Waals surface area contributed by atoms with Crippen LogP contribution in [0, 0.1) is 6.92 Å². The number of benzene rings is 2. The summed E-state index contributed by atoms with van der Waals surface area (Å²) in [5.74, 6) is 0.714. The van der Waals surface area contributed by atoms with Gasteiger partial charge in [0.2, 0.25) is 0 Å². The fourth-order valence-electron chi connectivity index (χ4n) is 3.13. The number of hydrogen-bond donors (Lipinski definition) is 2. The van der Waals surface area contributed by atoms with Crippen molar-refractivity contribution in [1.82, 2.24) is 14.9 Å². The van der Waals surface area contributed by atoms with Crippen molar-refractivity contribution in [2.45, 2.75) is 39.8 Å². The van der Waals surface area contributed by atoms with Gasteiger partial charge in [-0.3, -0.25) is 4.79 Å². The highest BCUT2D eigenvalue weighted by Gasteiger charge is 2.21. The summed E-state index contributed by atoms with van der Waals surface area (Å²) in [4.78, 5) is 17.4. The molecule has 5 nitrogen and oxygen atoms in total. The molecule has 3 N–H and O–H groups in total. The number of hydrogen-bond acceptors (Lipinski definition) is 3. The first kappa shape index (κ1) is 17.0. The fraction of sp³-hybridized carbons (Fsp3) is 0.300. The van der Waals surface area contributed by atoms with E-state index >= 15 is 0 Å². The van der Waals surface area contributed by atoms with Gasteiger partial charge in [0, 0.05) is 17.3 Å². The largest absolute Gasteiger partial charge is 0.399 e. The van der Waals surface area contributed by atoms with Crippen LogP contribution in [0.25, 0.3) is 11.0 Å². The summed E-state index contributed by atoms with van der Waals surface area (Å²) < 4.78 is 2.17. The number of imidazole rings is 1. The zero-order valence-electron chi connectivity index (χ0n) is 15.1. The monoisotopic (exact) mass is 336 g/mol. The summed E-state index contributed by atoms with van der Waals surface area (Å²) in [7, 11) is 0. The molecule has 1 amide bonds. The molecule has 0 saturated carbocycles. The fourth-order valence-corrected chi connectivity index (χ4v) is 3.13. The molecule has 0 radical (unpaired) electrons. The number of nitrogen functional groups attached to an aromatic ring is 1. The number of para-hydroxylation sites is 2. The lowest BCUT2D eigenvalue weighted by Crippen LogP contribution is -2.29. The van der Waals surface area contributed by atoms with E-state index in [1.165, 1.54) is 0 Å². The molecule has 0 fully saturated rings. The Labute approximate surface area is 147 Å². The molecule has 2 aromatic carbocycles. The van der Waals surface area contributed by atoms with Gasteiger partial charge in [0.25, 0.3) is 5.91 Å². The summed E-state index contributed by atoms with van der Waals surface area (Å²) in [6, 6.07) is 13.4. The van der Waals surface area contributed by atoms with E-state index in [9.17, 15) is 4.79 Å². The molecule has 1 unspecified atom stereocenters. The first-order chi connectivity index (χ1) is 11.9. The molecule has 0 aliphatic heterocycles. The zero-order valence-corrected chi connectivity index (χ0v) is 15.1. The van der Waals surface area contributed by atoms with Crippen molar-refractivity contribution in [1.29, 1.82) is 0 Å². The normalized spacial score (nSPS) is 12.5. The Balaban J connectivity index is 1.94. The van der Waals surface area contributed by atoms with Crippen LogP contribution in [-0.4, -0.2) is 15.5 Å². The third-order valence-corrected chi connectivity index (χ3v) is 4.38. The highest BCUT2D eigenvalue weighted by Crippen LogP contribution is 2.25. The van der Waals surface area contributed by atoms with Gasteiger partial charge in [0.15, 0.2) is 0 Å². The number of anilines is 1. The quantitative estimate of drug-likeness (QED) is 0.707. The molecule has 3 aromatic rings. The average Bonchev–Trinajstić information content (AvgIpc) is 2.96. The van der Waals surface area contributed by atoms with Crippen molar-refractivity contribution in [3.63, 3.8) is 0 Å². The molecule has 0 saturated heterocycles.